The number of furan rings is 1. The van der Waals surface area contributed by atoms with Gasteiger partial charge >= 0.3 is 0 Å². The number of para-hydroxylation sites is 1. The summed E-state index contributed by atoms with van der Waals surface area (Å²) in [4.78, 5) is 15.6. The molecule has 50 heavy (non-hydrogen) atoms. The van der Waals surface area contributed by atoms with E-state index in [4.69, 9.17) is 19.4 Å². The Hall–Kier alpha value is -6.39. The molecule has 238 valence electrons. The zero-order chi connectivity index (χ0) is 33.5. The van der Waals surface area contributed by atoms with Gasteiger partial charge in [0.25, 0.3) is 0 Å². The highest BCUT2D eigenvalue weighted by Crippen LogP contribution is 2.41. The maximum atomic E-state index is 6.46. The number of nitrogens with zero attached hydrogens (tertiary/aromatic N) is 3. The van der Waals surface area contributed by atoms with E-state index in [1.807, 2.05) is 30.3 Å². The summed E-state index contributed by atoms with van der Waals surface area (Å²) in [5.74, 6) is 1.88. The average Bonchev–Trinajstić information content (AvgIpc) is 3.57. The van der Waals surface area contributed by atoms with Gasteiger partial charge in [0.05, 0.1) is 0 Å². The molecule has 0 amide bonds. The molecule has 2 aromatic heterocycles. The van der Waals surface area contributed by atoms with Crippen LogP contribution in [-0.2, 0) is 5.41 Å². The summed E-state index contributed by atoms with van der Waals surface area (Å²) < 4.78 is 6.46. The molecule has 1 aliphatic carbocycles. The van der Waals surface area contributed by atoms with Gasteiger partial charge in [-0.05, 0) is 52.4 Å². The minimum atomic E-state index is -0.109. The van der Waals surface area contributed by atoms with Crippen LogP contribution < -0.4 is 0 Å². The molecule has 1 aliphatic rings. The molecular formula is C46H33N3O. The Morgan fingerprint density at radius 3 is 1.80 bits per heavy atom. The number of hydrogen-bond donors (Lipinski definition) is 0. The van der Waals surface area contributed by atoms with E-state index in [9.17, 15) is 0 Å². The molecule has 0 N–H and O–H groups in total. The van der Waals surface area contributed by atoms with Gasteiger partial charge in [0.2, 0.25) is 0 Å². The first-order valence-electron chi connectivity index (χ1n) is 17.0. The van der Waals surface area contributed by atoms with Gasteiger partial charge < -0.3 is 4.42 Å². The van der Waals surface area contributed by atoms with Gasteiger partial charge in [0.1, 0.15) is 11.2 Å². The number of fused-ring (bicyclic) bond motifs is 3. The lowest BCUT2D eigenvalue weighted by Gasteiger charge is -2.28. The van der Waals surface area contributed by atoms with Gasteiger partial charge in [0.15, 0.2) is 17.5 Å². The topological polar surface area (TPSA) is 51.8 Å². The number of hydrogen-bond acceptors (Lipinski definition) is 4. The van der Waals surface area contributed by atoms with Crippen molar-refractivity contribution in [3.8, 4) is 45.0 Å². The molecule has 0 fully saturated rings. The first-order chi connectivity index (χ1) is 24.6. The van der Waals surface area contributed by atoms with Gasteiger partial charge in [0, 0.05) is 32.9 Å². The lowest BCUT2D eigenvalue weighted by atomic mass is 9.76. The lowest BCUT2D eigenvalue weighted by Crippen LogP contribution is -2.20. The van der Waals surface area contributed by atoms with E-state index in [0.29, 0.717) is 17.5 Å². The van der Waals surface area contributed by atoms with E-state index in [2.05, 4.69) is 146 Å². The fraction of sp³-hybridized carbons (Fsp3) is 0.0652. The summed E-state index contributed by atoms with van der Waals surface area (Å²) in [7, 11) is 0. The molecule has 0 radical (unpaired) electrons. The average molecular weight is 644 g/mol. The van der Waals surface area contributed by atoms with Crippen LogP contribution in [0.2, 0.25) is 0 Å². The molecular weight excluding hydrogens is 611 g/mol. The van der Waals surface area contributed by atoms with Gasteiger partial charge in [-0.25, -0.2) is 15.0 Å². The minimum Gasteiger partial charge on any atom is -0.456 e. The Morgan fingerprint density at radius 1 is 0.520 bits per heavy atom. The van der Waals surface area contributed by atoms with E-state index in [1.165, 1.54) is 11.1 Å². The highest BCUT2D eigenvalue weighted by atomic mass is 16.3. The zero-order valence-corrected chi connectivity index (χ0v) is 27.6. The SMILES string of the molecule is CC1(c2ccccc2)C=CC(c2nc(-c3ccc(-c4ccccc4)cc3)nc(-c3cc(-c4ccccc4)cc4oc5ccccc5c34)n2)=CC1. The smallest absolute Gasteiger partial charge is 0.164 e. The van der Waals surface area contributed by atoms with Crippen LogP contribution in [0, 0.1) is 0 Å². The number of aromatic nitrogens is 3. The van der Waals surface area contributed by atoms with Crippen LogP contribution in [0.1, 0.15) is 24.7 Å². The first-order valence-corrected chi connectivity index (χ1v) is 17.0. The van der Waals surface area contributed by atoms with Crippen LogP contribution in [-0.4, -0.2) is 15.0 Å². The van der Waals surface area contributed by atoms with E-state index < -0.39 is 0 Å². The predicted octanol–water partition coefficient (Wildman–Crippen LogP) is 11.7. The predicted molar refractivity (Wildman–Crippen MR) is 204 cm³/mol. The lowest BCUT2D eigenvalue weighted by molar-refractivity contribution is 0.601. The Morgan fingerprint density at radius 2 is 1.10 bits per heavy atom. The molecule has 2 heterocycles. The largest absolute Gasteiger partial charge is 0.456 e. The summed E-state index contributed by atoms with van der Waals surface area (Å²) in [6, 6.07) is 52.4. The molecule has 0 aliphatic heterocycles. The molecule has 9 rings (SSSR count). The maximum absolute atomic E-state index is 6.46. The fourth-order valence-corrected chi connectivity index (χ4v) is 6.96. The van der Waals surface area contributed by atoms with Crippen molar-refractivity contribution in [2.75, 3.05) is 0 Å². The molecule has 4 heteroatoms. The van der Waals surface area contributed by atoms with E-state index >= 15 is 0 Å². The standard InChI is InChI=1S/C46H33N3O/c1-46(37-17-9-4-10-18-37)27-25-35(26-28-46)44-47-43(34-23-21-33(22-24-34)31-13-5-2-6-14-31)48-45(49-44)39-29-36(32-15-7-3-8-16-32)30-41-42(39)38-19-11-12-20-40(38)50-41/h2-27,29-30H,28H2,1H3. The van der Waals surface area contributed by atoms with Crippen LogP contribution in [0.3, 0.4) is 0 Å². The molecule has 0 bridgehead atoms. The molecule has 1 unspecified atom stereocenters. The van der Waals surface area contributed by atoms with Crippen LogP contribution in [0.25, 0.3) is 72.5 Å². The van der Waals surface area contributed by atoms with Crippen LogP contribution in [0.5, 0.6) is 0 Å². The second-order valence-electron chi connectivity index (χ2n) is 13.1. The van der Waals surface area contributed by atoms with Gasteiger partial charge in [-0.3, -0.25) is 0 Å². The fourth-order valence-electron chi connectivity index (χ4n) is 6.96. The summed E-state index contributed by atoms with van der Waals surface area (Å²) in [5, 5.41) is 2.02. The van der Waals surface area contributed by atoms with Crippen LogP contribution in [0.4, 0.5) is 0 Å². The molecule has 0 saturated carbocycles. The summed E-state index contributed by atoms with van der Waals surface area (Å²) >= 11 is 0. The summed E-state index contributed by atoms with van der Waals surface area (Å²) in [6.07, 6.45) is 7.55. The van der Waals surface area contributed by atoms with Gasteiger partial charge in [-0.15, -0.1) is 0 Å². The van der Waals surface area contributed by atoms with Gasteiger partial charge in [-0.1, -0.05) is 159 Å². The quantitative estimate of drug-likeness (QED) is 0.181. The third-order valence-electron chi connectivity index (χ3n) is 9.78. The monoisotopic (exact) mass is 643 g/mol. The van der Waals surface area contributed by atoms with Crippen LogP contribution in [0.15, 0.2) is 174 Å². The maximum Gasteiger partial charge on any atom is 0.164 e. The third-order valence-corrected chi connectivity index (χ3v) is 9.78. The van der Waals surface area contributed by atoms with Crippen molar-refractivity contribution in [3.05, 3.63) is 181 Å². The van der Waals surface area contributed by atoms with Crippen molar-refractivity contribution in [2.24, 2.45) is 0 Å². The molecule has 0 saturated heterocycles. The van der Waals surface area contributed by atoms with Crippen molar-refractivity contribution in [1.82, 2.24) is 15.0 Å². The molecule has 1 atom stereocenters. The molecule has 0 spiro atoms. The van der Waals surface area contributed by atoms with Crippen molar-refractivity contribution in [1.29, 1.82) is 0 Å². The summed E-state index contributed by atoms with van der Waals surface area (Å²) in [5.41, 5.74) is 10.1. The van der Waals surface area contributed by atoms with Crippen molar-refractivity contribution < 1.29 is 4.42 Å². The second kappa shape index (κ2) is 12.2. The normalized spacial score (nSPS) is 15.7. The number of benzene rings is 6. The highest BCUT2D eigenvalue weighted by molar-refractivity contribution is 6.13. The van der Waals surface area contributed by atoms with Crippen LogP contribution >= 0.6 is 0 Å². The number of rotatable bonds is 6. The van der Waals surface area contributed by atoms with E-state index in [1.54, 1.807) is 0 Å². The van der Waals surface area contributed by atoms with E-state index in [0.717, 1.165) is 61.7 Å². The first kappa shape index (κ1) is 29.7. The van der Waals surface area contributed by atoms with Gasteiger partial charge in [-0.2, -0.15) is 0 Å². The Bertz CT molecular complexity index is 2550. The van der Waals surface area contributed by atoms with Crippen molar-refractivity contribution >= 4 is 27.5 Å². The molecule has 8 aromatic rings. The zero-order valence-electron chi connectivity index (χ0n) is 27.6. The van der Waals surface area contributed by atoms with Crippen molar-refractivity contribution in [2.45, 2.75) is 18.8 Å². The minimum absolute atomic E-state index is 0.109. The Balaban J connectivity index is 1.23. The number of allylic oxidation sites excluding steroid dienone is 4. The highest BCUT2D eigenvalue weighted by Gasteiger charge is 2.26. The molecule has 4 nitrogen and oxygen atoms in total. The Kier molecular flexibility index (Phi) is 7.28. The van der Waals surface area contributed by atoms with E-state index in [-0.39, 0.29) is 5.41 Å². The summed E-state index contributed by atoms with van der Waals surface area (Å²) in [6.45, 7) is 2.28. The third kappa shape index (κ3) is 5.41. The Labute approximate surface area is 291 Å². The van der Waals surface area contributed by atoms with Crippen molar-refractivity contribution in [3.63, 3.8) is 0 Å². The molecule has 6 aromatic carbocycles. The second-order valence-corrected chi connectivity index (χ2v) is 13.1.